The number of aliphatic carboxylic acids is 1. The molecule has 2 aliphatic rings. The molecule has 7 heteroatoms. The van der Waals surface area contributed by atoms with Crippen LogP contribution in [0.4, 0.5) is 4.79 Å². The summed E-state index contributed by atoms with van der Waals surface area (Å²) in [5.41, 5.74) is 3.62. The number of amides is 2. The lowest BCUT2D eigenvalue weighted by Gasteiger charge is -2.46. The molecular formula is C27H32N2O5. The minimum atomic E-state index is -0.929. The average molecular weight is 465 g/mol. The van der Waals surface area contributed by atoms with Gasteiger partial charge in [0, 0.05) is 19.0 Å². The fraction of sp³-hybridized carbons (Fsp3) is 0.444. The number of carbonyl (C=O) groups is 3. The Bertz CT molecular complexity index is 1040. The lowest BCUT2D eigenvalue weighted by molar-refractivity contribution is -0.164. The lowest BCUT2D eigenvalue weighted by Crippen LogP contribution is -2.64. The Kier molecular flexibility index (Phi) is 6.64. The molecule has 2 N–H and O–H groups in total. The summed E-state index contributed by atoms with van der Waals surface area (Å²) in [5.74, 6) is -0.873. The monoisotopic (exact) mass is 464 g/mol. The van der Waals surface area contributed by atoms with Crippen molar-refractivity contribution in [1.82, 2.24) is 10.2 Å². The van der Waals surface area contributed by atoms with Crippen LogP contribution in [0.25, 0.3) is 11.1 Å². The molecule has 1 aliphatic heterocycles. The molecule has 1 fully saturated rings. The van der Waals surface area contributed by atoms with E-state index in [1.807, 2.05) is 24.3 Å². The number of carbonyl (C=O) groups excluding carboxylic acids is 2. The van der Waals surface area contributed by atoms with E-state index in [1.165, 1.54) is 4.90 Å². The van der Waals surface area contributed by atoms with Crippen molar-refractivity contribution in [2.45, 2.75) is 45.6 Å². The van der Waals surface area contributed by atoms with Gasteiger partial charge in [0.05, 0.1) is 5.41 Å². The highest BCUT2D eigenvalue weighted by molar-refractivity contribution is 5.89. The number of benzene rings is 2. The van der Waals surface area contributed by atoms with E-state index in [1.54, 1.807) is 6.92 Å². The van der Waals surface area contributed by atoms with Crippen molar-refractivity contribution < 1.29 is 24.2 Å². The van der Waals surface area contributed by atoms with Gasteiger partial charge in [-0.1, -0.05) is 62.4 Å². The highest BCUT2D eigenvalue weighted by Crippen LogP contribution is 2.44. The third kappa shape index (κ3) is 4.65. The molecule has 2 aromatic carbocycles. The Morgan fingerprint density at radius 1 is 1.03 bits per heavy atom. The van der Waals surface area contributed by atoms with Crippen LogP contribution < -0.4 is 5.32 Å². The standard InChI is InChI=1S/C27H32N2O5/c1-17(2)12-13-23(24(30)29-15-27(3,16-29)25(31)32)28-26(33)34-14-22-20-10-6-4-8-18(20)19-9-5-7-11-21(19)22/h4-11,17,22-23H,12-16H2,1-3H3,(H,28,33)(H,31,32). The minimum Gasteiger partial charge on any atom is -0.481 e. The van der Waals surface area contributed by atoms with Crippen LogP contribution in [0.2, 0.25) is 0 Å². The first-order valence-electron chi connectivity index (χ1n) is 11.8. The number of nitrogens with one attached hydrogen (secondary N) is 1. The van der Waals surface area contributed by atoms with Gasteiger partial charge in [-0.05, 0) is 47.9 Å². The molecule has 2 aromatic rings. The zero-order chi connectivity index (χ0) is 24.5. The maximum Gasteiger partial charge on any atom is 0.407 e. The number of hydrogen-bond donors (Lipinski definition) is 2. The number of alkyl carbamates (subject to hydrolysis) is 1. The lowest BCUT2D eigenvalue weighted by atomic mass is 9.81. The molecule has 0 bridgehead atoms. The van der Waals surface area contributed by atoms with E-state index >= 15 is 0 Å². The number of carboxylic acids is 1. The van der Waals surface area contributed by atoms with Gasteiger partial charge in [-0.2, -0.15) is 0 Å². The second-order valence-corrected chi connectivity index (χ2v) is 10.1. The first-order valence-corrected chi connectivity index (χ1v) is 11.8. The van der Waals surface area contributed by atoms with Gasteiger partial charge in [0.2, 0.25) is 5.91 Å². The molecule has 2 amide bonds. The minimum absolute atomic E-state index is 0.0605. The van der Waals surface area contributed by atoms with E-state index in [4.69, 9.17) is 4.74 Å². The molecule has 0 aromatic heterocycles. The largest absolute Gasteiger partial charge is 0.481 e. The number of rotatable bonds is 8. The van der Waals surface area contributed by atoms with Crippen LogP contribution in [0.15, 0.2) is 48.5 Å². The number of nitrogens with zero attached hydrogens (tertiary/aromatic N) is 1. The summed E-state index contributed by atoms with van der Waals surface area (Å²) < 4.78 is 5.62. The van der Waals surface area contributed by atoms with Crippen molar-refractivity contribution in [3.63, 3.8) is 0 Å². The fourth-order valence-corrected chi connectivity index (χ4v) is 4.85. The topological polar surface area (TPSA) is 95.9 Å². The molecule has 1 saturated heterocycles. The second-order valence-electron chi connectivity index (χ2n) is 10.1. The molecule has 34 heavy (non-hydrogen) atoms. The Hall–Kier alpha value is -3.35. The Labute approximate surface area is 200 Å². The van der Waals surface area contributed by atoms with E-state index in [0.717, 1.165) is 28.7 Å². The molecular weight excluding hydrogens is 432 g/mol. The maximum atomic E-state index is 13.0. The summed E-state index contributed by atoms with van der Waals surface area (Å²) in [7, 11) is 0. The van der Waals surface area contributed by atoms with Crippen LogP contribution in [0.3, 0.4) is 0 Å². The van der Waals surface area contributed by atoms with Gasteiger partial charge in [0.25, 0.3) is 0 Å². The highest BCUT2D eigenvalue weighted by Gasteiger charge is 2.48. The maximum absolute atomic E-state index is 13.0. The van der Waals surface area contributed by atoms with Crippen molar-refractivity contribution in [3.05, 3.63) is 59.7 Å². The predicted molar refractivity (Wildman–Crippen MR) is 128 cm³/mol. The molecule has 0 saturated carbocycles. The SMILES string of the molecule is CC(C)CCC(NC(=O)OCC1c2ccccc2-c2ccccc21)C(=O)N1CC(C)(C(=O)O)C1. The number of fused-ring (bicyclic) bond motifs is 3. The van der Waals surface area contributed by atoms with Gasteiger partial charge >= 0.3 is 12.1 Å². The molecule has 1 atom stereocenters. The zero-order valence-electron chi connectivity index (χ0n) is 19.9. The van der Waals surface area contributed by atoms with Gasteiger partial charge in [0.1, 0.15) is 12.6 Å². The summed E-state index contributed by atoms with van der Waals surface area (Å²) in [5, 5.41) is 12.1. The van der Waals surface area contributed by atoms with Crippen molar-refractivity contribution in [1.29, 1.82) is 0 Å². The van der Waals surface area contributed by atoms with Crippen LogP contribution in [0.5, 0.6) is 0 Å². The van der Waals surface area contributed by atoms with Gasteiger partial charge in [-0.25, -0.2) is 4.79 Å². The third-order valence-corrected chi connectivity index (χ3v) is 6.87. The first-order chi connectivity index (χ1) is 16.2. The van der Waals surface area contributed by atoms with Crippen molar-refractivity contribution in [2.24, 2.45) is 11.3 Å². The summed E-state index contributed by atoms with van der Waals surface area (Å²) in [4.78, 5) is 38.7. The molecule has 1 unspecified atom stereocenters. The summed E-state index contributed by atoms with van der Waals surface area (Å²) >= 11 is 0. The third-order valence-electron chi connectivity index (χ3n) is 6.87. The van der Waals surface area contributed by atoms with Crippen LogP contribution in [-0.2, 0) is 14.3 Å². The Balaban J connectivity index is 1.40. The van der Waals surface area contributed by atoms with Crippen molar-refractivity contribution >= 4 is 18.0 Å². The molecule has 0 radical (unpaired) electrons. The predicted octanol–water partition coefficient (Wildman–Crippen LogP) is 4.26. The fourth-order valence-electron chi connectivity index (χ4n) is 4.85. The summed E-state index contributed by atoms with van der Waals surface area (Å²) in [6.07, 6.45) is 0.593. The Morgan fingerprint density at radius 3 is 2.12 bits per heavy atom. The van der Waals surface area contributed by atoms with Gasteiger partial charge in [-0.3, -0.25) is 9.59 Å². The van der Waals surface area contributed by atoms with E-state index in [0.29, 0.717) is 12.3 Å². The second kappa shape index (κ2) is 9.49. The van der Waals surface area contributed by atoms with Crippen LogP contribution in [0, 0.1) is 11.3 Å². The van der Waals surface area contributed by atoms with E-state index in [-0.39, 0.29) is 31.5 Å². The number of hydrogen-bond acceptors (Lipinski definition) is 4. The number of carboxylic acid groups (broad SMARTS) is 1. The van der Waals surface area contributed by atoms with Crippen LogP contribution in [-0.4, -0.2) is 53.7 Å². The zero-order valence-corrected chi connectivity index (χ0v) is 19.9. The van der Waals surface area contributed by atoms with Crippen molar-refractivity contribution in [2.75, 3.05) is 19.7 Å². The van der Waals surface area contributed by atoms with E-state index < -0.39 is 23.5 Å². The van der Waals surface area contributed by atoms with Crippen molar-refractivity contribution in [3.8, 4) is 11.1 Å². The molecule has 7 nitrogen and oxygen atoms in total. The van der Waals surface area contributed by atoms with Gasteiger partial charge in [-0.15, -0.1) is 0 Å². The molecule has 1 aliphatic carbocycles. The van der Waals surface area contributed by atoms with Crippen LogP contribution in [0.1, 0.15) is 50.7 Å². The number of likely N-dealkylation sites (tertiary alicyclic amines) is 1. The van der Waals surface area contributed by atoms with Gasteiger partial charge in [0.15, 0.2) is 0 Å². The Morgan fingerprint density at radius 2 is 1.59 bits per heavy atom. The summed E-state index contributed by atoms with van der Waals surface area (Å²) in [6.45, 7) is 6.20. The number of ether oxygens (including phenoxy) is 1. The molecule has 4 rings (SSSR count). The molecule has 0 spiro atoms. The quantitative estimate of drug-likeness (QED) is 0.609. The highest BCUT2D eigenvalue weighted by atomic mass is 16.5. The summed E-state index contributed by atoms with van der Waals surface area (Å²) in [6, 6.07) is 15.5. The molecule has 180 valence electrons. The first kappa shape index (κ1) is 23.8. The normalized spacial score (nSPS) is 16.9. The van der Waals surface area contributed by atoms with E-state index in [2.05, 4.69) is 43.4 Å². The molecule has 1 heterocycles. The smallest absolute Gasteiger partial charge is 0.407 e. The van der Waals surface area contributed by atoms with E-state index in [9.17, 15) is 19.5 Å². The van der Waals surface area contributed by atoms with Gasteiger partial charge < -0.3 is 20.1 Å². The average Bonchev–Trinajstić information content (AvgIpc) is 3.11. The van der Waals surface area contributed by atoms with Crippen LogP contribution >= 0.6 is 0 Å².